The molecule has 0 aromatic carbocycles. The van der Waals surface area contributed by atoms with Gasteiger partial charge in [-0.1, -0.05) is 0 Å². The Morgan fingerprint density at radius 1 is 0.786 bits per heavy atom. The summed E-state index contributed by atoms with van der Waals surface area (Å²) in [6.45, 7) is 0. The molecule has 0 bridgehead atoms. The van der Waals surface area contributed by atoms with Gasteiger partial charge in [0, 0.05) is 0 Å². The molecule has 0 aromatic rings. The smallest absolute Gasteiger partial charge is 0.314 e. The second kappa shape index (κ2) is 7.53. The molecule has 14 heavy (non-hydrogen) atoms. The van der Waals surface area contributed by atoms with E-state index in [0.29, 0.717) is 0 Å². The zero-order valence-electron chi connectivity index (χ0n) is 14.3. The van der Waals surface area contributed by atoms with Crippen LogP contribution in [0.2, 0.25) is 0 Å². The molecule has 0 aliphatic carbocycles. The van der Waals surface area contributed by atoms with Gasteiger partial charge in [-0.15, -0.1) is 0 Å². The van der Waals surface area contributed by atoms with E-state index in [-0.39, 0.29) is 0 Å². The first-order valence-corrected chi connectivity index (χ1v) is 2.63. The van der Waals surface area contributed by atoms with Gasteiger partial charge in [0.05, 0.1) is 5.48 Å². The van der Waals surface area contributed by atoms with Crippen molar-refractivity contribution in [3.05, 3.63) is 0 Å². The van der Waals surface area contributed by atoms with Gasteiger partial charge in [-0.3, -0.25) is 19.2 Å². The van der Waals surface area contributed by atoms with E-state index in [1.54, 1.807) is 0 Å². The van der Waals surface area contributed by atoms with E-state index in [0.717, 1.165) is 0 Å². The monoisotopic (exact) mass is 216 g/mol. The SMILES string of the molecule is [2H]OC(=O)C([2H])([2H])C(=O)O[2H].[2H]OC(=O)C([2H])([2H])C(=O)O[2H]. The standard InChI is InChI=1S/2C3H4O4/c2*4-2(5)1-3(6)7/h2*1H2,(H,4,5)(H,6,7)/i2*1D2/hD4. The van der Waals surface area contributed by atoms with Crippen LogP contribution in [0.15, 0.2) is 0 Å². The average Bonchev–Trinajstić information content (AvgIpc) is 2.51. The molecule has 0 unspecified atom stereocenters. The Labute approximate surface area is 89.0 Å². The van der Waals surface area contributed by atoms with Gasteiger partial charge in [0.25, 0.3) is 5.72 Å². The highest BCUT2D eigenvalue weighted by atomic mass is 16.4. The van der Waals surface area contributed by atoms with E-state index >= 15 is 0 Å². The van der Waals surface area contributed by atoms with Crippen molar-refractivity contribution in [1.82, 2.24) is 0 Å². The molecular formula is C6H8O8. The molecule has 0 saturated carbocycles. The van der Waals surface area contributed by atoms with Gasteiger partial charge in [-0.05, 0) is 0 Å². The lowest BCUT2D eigenvalue weighted by molar-refractivity contribution is -0.149. The largest absolute Gasteiger partial charge is 0.481 e. The van der Waals surface area contributed by atoms with Crippen molar-refractivity contribution < 1.29 is 45.1 Å². The third kappa shape index (κ3) is 22.5. The van der Waals surface area contributed by atoms with Crippen LogP contribution in [0, 0.1) is 0 Å². The topological polar surface area (TPSA) is 149 Å². The lowest BCUT2D eigenvalue weighted by atomic mass is 10.5. The Bertz CT molecular complexity index is 360. The van der Waals surface area contributed by atoms with Crippen LogP contribution in [0.5, 0.6) is 0 Å². The number of carboxylic acids is 4. The van der Waals surface area contributed by atoms with Crippen molar-refractivity contribution in [3.8, 4) is 0 Å². The summed E-state index contributed by atoms with van der Waals surface area (Å²) in [4.78, 5) is 41.1. The van der Waals surface area contributed by atoms with E-state index in [9.17, 15) is 19.2 Å². The number of hydrogen-bond acceptors (Lipinski definition) is 8. The van der Waals surface area contributed by atoms with Crippen molar-refractivity contribution in [3.63, 3.8) is 0 Å². The van der Waals surface area contributed by atoms with E-state index in [4.69, 9.17) is 11.2 Å². The average molecular weight is 216 g/mol. The van der Waals surface area contributed by atoms with Crippen molar-refractivity contribution >= 4 is 23.9 Å². The lowest BCUT2D eigenvalue weighted by Crippen LogP contribution is -2.03. The summed E-state index contributed by atoms with van der Waals surface area (Å²) in [6.07, 6.45) is -6.16. The van der Waals surface area contributed by atoms with Crippen LogP contribution in [0.4, 0.5) is 0 Å². The van der Waals surface area contributed by atoms with Crippen molar-refractivity contribution in [1.29, 1.82) is 5.72 Å². The molecule has 8 heteroatoms. The maximum Gasteiger partial charge on any atom is 0.314 e. The van der Waals surface area contributed by atoms with E-state index in [1.807, 2.05) is 0 Å². The molecule has 0 radical (unpaired) electrons. The number of carbonyl (C=O) groups is 4. The summed E-state index contributed by atoms with van der Waals surface area (Å²) in [5.41, 5.74) is 0. The molecule has 4 N–H and O–H groups in total. The zero-order chi connectivity index (χ0) is 18.1. The van der Waals surface area contributed by atoms with Gasteiger partial charge in [0.1, 0.15) is 12.7 Å². The summed E-state index contributed by atoms with van der Waals surface area (Å²) in [5, 5.41) is 12.8. The molecule has 0 saturated heterocycles. The Balaban J connectivity index is 0. The molecule has 0 fully saturated rings. The number of rotatable bonds is 4. The minimum absolute atomic E-state index is 1.71. The molecule has 0 aromatic heterocycles. The fourth-order valence-electron chi connectivity index (χ4n) is 0.167. The van der Waals surface area contributed by atoms with Crippen LogP contribution >= 0.6 is 0 Å². The summed E-state index contributed by atoms with van der Waals surface area (Å²) >= 11 is 0. The molecular weight excluding hydrogens is 200 g/mol. The molecule has 0 aliphatic heterocycles. The second-order valence-electron chi connectivity index (χ2n) is 1.40. The first-order chi connectivity index (χ1) is 9.93. The minimum Gasteiger partial charge on any atom is -0.481 e. The summed E-state index contributed by atoms with van der Waals surface area (Å²) < 4.78 is 50.4. The fraction of sp³-hybridized carbons (Fsp3) is 0.333. The van der Waals surface area contributed by atoms with Crippen LogP contribution in [0.3, 0.4) is 0 Å². The van der Waals surface area contributed by atoms with Gasteiger partial charge in [0.2, 0.25) is 0 Å². The van der Waals surface area contributed by atoms with Crippen LogP contribution in [-0.2, 0) is 19.2 Å². The highest BCUT2D eigenvalue weighted by Gasteiger charge is 2.02. The molecule has 0 atom stereocenters. The van der Waals surface area contributed by atoms with Crippen molar-refractivity contribution in [2.24, 2.45) is 0 Å². The highest BCUT2D eigenvalue weighted by molar-refractivity contribution is 5.89. The van der Waals surface area contributed by atoms with Gasteiger partial charge < -0.3 is 20.4 Å². The Kier molecular flexibility index (Phi) is 2.36. The third-order valence-electron chi connectivity index (χ3n) is 0.408. The van der Waals surface area contributed by atoms with E-state index < -0.39 is 36.6 Å². The van der Waals surface area contributed by atoms with Gasteiger partial charge in [-0.2, -0.15) is 0 Å². The van der Waals surface area contributed by atoms with E-state index in [1.165, 1.54) is 0 Å². The number of carboxylic acid groups (broad SMARTS) is 4. The molecule has 0 heterocycles. The maximum atomic E-state index is 10.3. The third-order valence-corrected chi connectivity index (χ3v) is 0.408. The van der Waals surface area contributed by atoms with Crippen molar-refractivity contribution in [2.75, 3.05) is 0 Å². The molecule has 0 rings (SSSR count). The van der Waals surface area contributed by atoms with Gasteiger partial charge in [0.15, 0.2) is 0 Å². The Morgan fingerprint density at radius 2 is 1.00 bits per heavy atom. The number of hydrogen-bond donors (Lipinski definition) is 4. The summed E-state index contributed by atoms with van der Waals surface area (Å²) in [6, 6.07) is 0. The Hall–Kier alpha value is -2.12. The summed E-state index contributed by atoms with van der Waals surface area (Å²) in [7, 11) is 0. The maximum absolute atomic E-state index is 10.3. The van der Waals surface area contributed by atoms with Crippen LogP contribution in [-0.4, -0.2) is 44.3 Å². The molecule has 0 spiro atoms. The minimum atomic E-state index is -3.08. The lowest BCUT2D eigenvalue weighted by Gasteiger charge is -1.80. The first kappa shape index (κ1) is 4.40. The molecule has 0 aliphatic rings. The number of aliphatic carboxylic acids is 4. The highest BCUT2D eigenvalue weighted by Crippen LogP contribution is 1.74. The Morgan fingerprint density at radius 3 is 1.14 bits per heavy atom. The quantitative estimate of drug-likeness (QED) is 0.441. The zero-order valence-corrected chi connectivity index (χ0v) is 6.27. The first-order valence-electron chi connectivity index (χ1n) is 6.27. The second-order valence-corrected chi connectivity index (χ2v) is 1.40. The summed E-state index contributed by atoms with van der Waals surface area (Å²) in [5.74, 6) is -6.85. The predicted molar refractivity (Wildman–Crippen MR) is 39.8 cm³/mol. The molecule has 8 nitrogen and oxygen atoms in total. The van der Waals surface area contributed by atoms with Crippen LogP contribution < -0.4 is 0 Å². The van der Waals surface area contributed by atoms with Crippen LogP contribution in [0.25, 0.3) is 5.72 Å². The fourth-order valence-corrected chi connectivity index (χ4v) is 0.167. The van der Waals surface area contributed by atoms with Gasteiger partial charge in [-0.25, -0.2) is 0 Å². The molecule has 80 valence electrons. The normalized spacial score (nSPS) is 17.1. The molecule has 0 amide bonds. The van der Waals surface area contributed by atoms with Crippen molar-refractivity contribution in [2.45, 2.75) is 12.7 Å². The van der Waals surface area contributed by atoms with E-state index in [2.05, 4.69) is 20.4 Å². The van der Waals surface area contributed by atoms with Crippen LogP contribution in [0.1, 0.15) is 18.2 Å². The predicted octanol–water partition coefficient (Wildman–Crippen LogP) is -0.909. The van der Waals surface area contributed by atoms with Gasteiger partial charge >= 0.3 is 23.9 Å².